The van der Waals surface area contributed by atoms with Gasteiger partial charge in [-0.1, -0.05) is 44.2 Å². The average Bonchev–Trinajstić information content (AvgIpc) is 3.53. The fourth-order valence-corrected chi connectivity index (χ4v) is 6.00. The third-order valence-corrected chi connectivity index (χ3v) is 8.22. The van der Waals surface area contributed by atoms with Crippen LogP contribution in [0.5, 0.6) is 5.75 Å². The van der Waals surface area contributed by atoms with Crippen molar-refractivity contribution in [2.24, 2.45) is 5.92 Å². The van der Waals surface area contributed by atoms with Gasteiger partial charge in [-0.3, -0.25) is 9.69 Å². The van der Waals surface area contributed by atoms with Crippen LogP contribution in [-0.2, 0) is 4.79 Å². The summed E-state index contributed by atoms with van der Waals surface area (Å²) in [7, 11) is 0. The summed E-state index contributed by atoms with van der Waals surface area (Å²) in [4.78, 5) is 35.6. The van der Waals surface area contributed by atoms with Crippen LogP contribution in [0.25, 0.3) is 11.3 Å². The predicted octanol–water partition coefficient (Wildman–Crippen LogP) is 5.54. The van der Waals surface area contributed by atoms with Gasteiger partial charge in [0.15, 0.2) is 0 Å². The SMILES string of the molecule is O=C1N[C@H](c2ccc(OCCO)cc2)C(=O)N1CC(CC1CCCCC1)c1ncc(-c2ccc(I)cc2F)[nH]1. The van der Waals surface area contributed by atoms with Gasteiger partial charge in [0.05, 0.1) is 18.5 Å². The number of imidazole rings is 1. The molecule has 8 nitrogen and oxygen atoms in total. The largest absolute Gasteiger partial charge is 0.491 e. The Hall–Kier alpha value is -2.99. The van der Waals surface area contributed by atoms with E-state index in [-0.39, 0.29) is 37.4 Å². The molecule has 2 heterocycles. The highest BCUT2D eigenvalue weighted by atomic mass is 127. The van der Waals surface area contributed by atoms with Crippen LogP contribution < -0.4 is 10.1 Å². The molecule has 0 radical (unpaired) electrons. The quantitative estimate of drug-likeness (QED) is 0.198. The van der Waals surface area contributed by atoms with Crippen molar-refractivity contribution in [3.8, 4) is 17.0 Å². The molecular weight excluding hydrogens is 614 g/mol. The minimum atomic E-state index is -0.784. The number of aliphatic hydroxyl groups excluding tert-OH is 1. The number of benzene rings is 2. The number of ether oxygens (including phenoxy) is 1. The van der Waals surface area contributed by atoms with Crippen molar-refractivity contribution >= 4 is 34.5 Å². The van der Waals surface area contributed by atoms with Crippen molar-refractivity contribution in [1.29, 1.82) is 0 Å². The summed E-state index contributed by atoms with van der Waals surface area (Å²) < 4.78 is 20.9. The van der Waals surface area contributed by atoms with Gasteiger partial charge in [-0.15, -0.1) is 0 Å². The molecular formula is C29H32FIN4O4. The number of hydrogen-bond acceptors (Lipinski definition) is 5. The minimum absolute atomic E-state index is 0.0906. The molecule has 1 aliphatic heterocycles. The number of aromatic nitrogens is 2. The molecule has 5 rings (SSSR count). The summed E-state index contributed by atoms with van der Waals surface area (Å²) in [6, 6.07) is 10.8. The first-order valence-electron chi connectivity index (χ1n) is 13.4. The van der Waals surface area contributed by atoms with Crippen molar-refractivity contribution in [1.82, 2.24) is 20.2 Å². The van der Waals surface area contributed by atoms with Crippen LogP contribution in [0.3, 0.4) is 0 Å². The summed E-state index contributed by atoms with van der Waals surface area (Å²) >= 11 is 2.08. The lowest BCUT2D eigenvalue weighted by Gasteiger charge is -2.27. The molecule has 0 bridgehead atoms. The van der Waals surface area contributed by atoms with Gasteiger partial charge in [0, 0.05) is 21.6 Å². The Bertz CT molecular complexity index is 1310. The van der Waals surface area contributed by atoms with E-state index in [0.717, 1.165) is 22.8 Å². The average molecular weight is 647 g/mol. The van der Waals surface area contributed by atoms with Gasteiger partial charge < -0.3 is 20.1 Å². The number of aliphatic hydroxyl groups is 1. The van der Waals surface area contributed by atoms with E-state index in [0.29, 0.717) is 34.3 Å². The van der Waals surface area contributed by atoms with Crippen LogP contribution in [-0.4, -0.2) is 51.7 Å². The van der Waals surface area contributed by atoms with Gasteiger partial charge in [0.1, 0.15) is 30.0 Å². The Kier molecular flexibility index (Phi) is 8.81. The highest BCUT2D eigenvalue weighted by molar-refractivity contribution is 14.1. The Morgan fingerprint density at radius 3 is 2.62 bits per heavy atom. The lowest BCUT2D eigenvalue weighted by atomic mass is 9.82. The number of halogens is 2. The number of hydrogen-bond donors (Lipinski definition) is 3. The molecule has 3 aromatic rings. The Morgan fingerprint density at radius 1 is 1.13 bits per heavy atom. The van der Waals surface area contributed by atoms with Crippen LogP contribution in [0.4, 0.5) is 9.18 Å². The lowest BCUT2D eigenvalue weighted by Crippen LogP contribution is -2.35. The number of H-pyrrole nitrogens is 1. The van der Waals surface area contributed by atoms with E-state index in [4.69, 9.17) is 9.84 Å². The number of aromatic amines is 1. The van der Waals surface area contributed by atoms with Crippen LogP contribution >= 0.6 is 22.6 Å². The Labute approximate surface area is 240 Å². The van der Waals surface area contributed by atoms with Crippen LogP contribution in [0, 0.1) is 15.3 Å². The lowest BCUT2D eigenvalue weighted by molar-refractivity contribution is -0.127. The topological polar surface area (TPSA) is 108 Å². The highest BCUT2D eigenvalue weighted by Crippen LogP contribution is 2.35. The molecule has 1 aliphatic carbocycles. The molecule has 3 amide bonds. The zero-order valence-corrected chi connectivity index (χ0v) is 23.7. The fraction of sp³-hybridized carbons (Fsp3) is 0.414. The maximum Gasteiger partial charge on any atom is 0.325 e. The van der Waals surface area contributed by atoms with Crippen molar-refractivity contribution in [3.05, 3.63) is 69.4 Å². The van der Waals surface area contributed by atoms with E-state index >= 15 is 0 Å². The van der Waals surface area contributed by atoms with Crippen molar-refractivity contribution < 1.29 is 23.8 Å². The zero-order valence-electron chi connectivity index (χ0n) is 21.5. The second-order valence-electron chi connectivity index (χ2n) is 10.2. The van der Waals surface area contributed by atoms with Gasteiger partial charge in [0.25, 0.3) is 5.91 Å². The number of rotatable bonds is 10. The van der Waals surface area contributed by atoms with Gasteiger partial charge in [-0.2, -0.15) is 0 Å². The molecule has 0 spiro atoms. The summed E-state index contributed by atoms with van der Waals surface area (Å²) in [6.07, 6.45) is 8.24. The van der Waals surface area contributed by atoms with E-state index < -0.39 is 12.1 Å². The Morgan fingerprint density at radius 2 is 1.90 bits per heavy atom. The van der Waals surface area contributed by atoms with Crippen molar-refractivity contribution in [2.45, 2.75) is 50.5 Å². The summed E-state index contributed by atoms with van der Waals surface area (Å²) in [6.45, 7) is 0.281. The van der Waals surface area contributed by atoms with E-state index in [2.05, 4.69) is 37.9 Å². The standard InChI is InChI=1S/C29H32FIN4O4/c30-24-15-21(31)8-11-23(24)25-16-32-27(33-25)20(14-18-4-2-1-3-5-18)17-35-28(37)26(34-29(35)38)19-6-9-22(10-7-19)39-13-12-36/h6-11,15-16,18,20,26,36H,1-5,12-14,17H2,(H,32,33)(H,34,38)/t20?,26-/m1/s1. The zero-order chi connectivity index (χ0) is 27.4. The summed E-state index contributed by atoms with van der Waals surface area (Å²) in [5, 5.41) is 11.8. The van der Waals surface area contributed by atoms with Crippen molar-refractivity contribution in [2.75, 3.05) is 19.8 Å². The molecule has 39 heavy (non-hydrogen) atoms. The molecule has 2 aliphatic rings. The molecule has 2 aromatic carbocycles. The maximum absolute atomic E-state index is 14.7. The first-order valence-corrected chi connectivity index (χ1v) is 14.5. The van der Waals surface area contributed by atoms with E-state index in [9.17, 15) is 14.0 Å². The highest BCUT2D eigenvalue weighted by Gasteiger charge is 2.41. The van der Waals surface area contributed by atoms with Gasteiger partial charge >= 0.3 is 6.03 Å². The first kappa shape index (κ1) is 27.6. The number of amides is 3. The maximum atomic E-state index is 14.7. The van der Waals surface area contributed by atoms with Crippen LogP contribution in [0.2, 0.25) is 0 Å². The second kappa shape index (κ2) is 12.5. The number of nitrogens with zero attached hydrogens (tertiary/aromatic N) is 2. The number of carbonyl (C=O) groups is 2. The third-order valence-electron chi connectivity index (χ3n) is 7.55. The smallest absolute Gasteiger partial charge is 0.325 e. The normalized spacial score (nSPS) is 18.8. The van der Waals surface area contributed by atoms with Gasteiger partial charge in [0.2, 0.25) is 0 Å². The number of carbonyl (C=O) groups excluding carboxylic acids is 2. The summed E-state index contributed by atoms with van der Waals surface area (Å²) in [5.74, 6) is 0.876. The fourth-order valence-electron chi connectivity index (χ4n) is 5.54. The van der Waals surface area contributed by atoms with E-state index in [1.807, 2.05) is 6.07 Å². The van der Waals surface area contributed by atoms with Crippen LogP contribution in [0.1, 0.15) is 61.9 Å². The third kappa shape index (κ3) is 6.43. The molecule has 2 fully saturated rings. The molecule has 1 unspecified atom stereocenters. The summed E-state index contributed by atoms with van der Waals surface area (Å²) in [5.41, 5.74) is 1.67. The molecule has 1 saturated heterocycles. The number of urea groups is 1. The molecule has 3 N–H and O–H groups in total. The molecule has 2 atom stereocenters. The molecule has 10 heteroatoms. The Balaban J connectivity index is 1.36. The number of nitrogens with one attached hydrogen (secondary N) is 2. The number of imide groups is 1. The van der Waals surface area contributed by atoms with Gasteiger partial charge in [-0.25, -0.2) is 14.2 Å². The second-order valence-corrected chi connectivity index (χ2v) is 11.5. The van der Waals surface area contributed by atoms with E-state index in [1.54, 1.807) is 36.5 Å². The van der Waals surface area contributed by atoms with Gasteiger partial charge in [-0.05, 0) is 70.8 Å². The van der Waals surface area contributed by atoms with Crippen LogP contribution in [0.15, 0.2) is 48.7 Å². The minimum Gasteiger partial charge on any atom is -0.491 e. The van der Waals surface area contributed by atoms with Crippen molar-refractivity contribution in [3.63, 3.8) is 0 Å². The predicted molar refractivity (Wildman–Crippen MR) is 153 cm³/mol. The molecule has 1 saturated carbocycles. The molecule has 1 aromatic heterocycles. The first-order chi connectivity index (χ1) is 18.9. The monoisotopic (exact) mass is 646 g/mol. The molecule has 206 valence electrons. The van der Waals surface area contributed by atoms with E-state index in [1.165, 1.54) is 30.2 Å².